The number of hydrogen-bond acceptors (Lipinski definition) is 6. The normalized spacial score (nSPS) is 17.3. The van der Waals surface area contributed by atoms with Crippen LogP contribution in [0.5, 0.6) is 5.75 Å². The molecule has 23 heavy (non-hydrogen) atoms. The molecule has 8 heteroatoms. The van der Waals surface area contributed by atoms with E-state index in [1.807, 2.05) is 0 Å². The van der Waals surface area contributed by atoms with Crippen LogP contribution in [-0.2, 0) is 19.1 Å². The molecule has 0 heterocycles. The largest absolute Gasteiger partial charge is 0.508 e. The van der Waals surface area contributed by atoms with Crippen LogP contribution in [0.25, 0.3) is 0 Å². The van der Waals surface area contributed by atoms with Crippen LogP contribution < -0.4 is 0 Å². The van der Waals surface area contributed by atoms with Gasteiger partial charge < -0.3 is 15.3 Å². The van der Waals surface area contributed by atoms with Gasteiger partial charge in [0, 0.05) is 6.07 Å². The molecular formula is C15H22O7S. The van der Waals surface area contributed by atoms with Gasteiger partial charge in [-0.25, -0.2) is 8.98 Å². The zero-order chi connectivity index (χ0) is 18.0. The number of carboxylic acids is 1. The third-order valence-electron chi connectivity index (χ3n) is 3.99. The fourth-order valence-corrected chi connectivity index (χ4v) is 3.93. The van der Waals surface area contributed by atoms with Gasteiger partial charge >= 0.3 is 5.97 Å². The van der Waals surface area contributed by atoms with Crippen molar-refractivity contribution in [1.82, 2.24) is 0 Å². The number of aryl methyl sites for hydroxylation is 1. The van der Waals surface area contributed by atoms with Crippen molar-refractivity contribution in [3.63, 3.8) is 0 Å². The molecule has 0 bridgehead atoms. The van der Waals surface area contributed by atoms with Crippen molar-refractivity contribution in [3.8, 4) is 5.75 Å². The number of aromatic hydroxyl groups is 1. The highest BCUT2D eigenvalue weighted by molar-refractivity contribution is 7.86. The second kappa shape index (κ2) is 6.86. The molecule has 0 spiro atoms. The number of aliphatic carboxylic acids is 1. The van der Waals surface area contributed by atoms with E-state index in [1.165, 1.54) is 32.9 Å². The minimum absolute atomic E-state index is 0.283. The van der Waals surface area contributed by atoms with Crippen molar-refractivity contribution in [2.45, 2.75) is 50.7 Å². The summed E-state index contributed by atoms with van der Waals surface area (Å²) in [6, 6.07) is 3.66. The lowest BCUT2D eigenvalue weighted by molar-refractivity contribution is -0.172. The van der Waals surface area contributed by atoms with Crippen molar-refractivity contribution in [2.24, 2.45) is 5.92 Å². The molecule has 3 unspecified atom stereocenters. The van der Waals surface area contributed by atoms with E-state index < -0.39 is 33.7 Å². The number of carboxylic acid groups (broad SMARTS) is 1. The summed E-state index contributed by atoms with van der Waals surface area (Å²) in [5.41, 5.74) is -2.03. The summed E-state index contributed by atoms with van der Waals surface area (Å²) < 4.78 is 30.1. The number of phenolic OH excluding ortho intramolecular Hbond substituents is 1. The highest BCUT2D eigenvalue weighted by Gasteiger charge is 2.52. The molecule has 0 aromatic heterocycles. The van der Waals surface area contributed by atoms with Crippen LogP contribution in [0.1, 0.15) is 32.8 Å². The van der Waals surface area contributed by atoms with E-state index in [0.29, 0.717) is 0 Å². The van der Waals surface area contributed by atoms with Crippen LogP contribution in [0, 0.1) is 12.8 Å². The van der Waals surface area contributed by atoms with E-state index in [-0.39, 0.29) is 22.6 Å². The Morgan fingerprint density at radius 1 is 1.35 bits per heavy atom. The lowest BCUT2D eigenvalue weighted by Crippen LogP contribution is -2.56. The van der Waals surface area contributed by atoms with Gasteiger partial charge in [-0.05, 0) is 31.4 Å². The number of aliphatic hydroxyl groups excluding tert-OH is 1. The molecule has 3 N–H and O–H groups in total. The van der Waals surface area contributed by atoms with Gasteiger partial charge in [0.2, 0.25) is 5.60 Å². The Kier molecular flexibility index (Phi) is 5.79. The van der Waals surface area contributed by atoms with Crippen LogP contribution in [-0.4, -0.2) is 41.4 Å². The summed E-state index contributed by atoms with van der Waals surface area (Å²) >= 11 is 0. The minimum Gasteiger partial charge on any atom is -0.508 e. The highest BCUT2D eigenvalue weighted by Crippen LogP contribution is 2.34. The number of aliphatic hydroxyl groups is 1. The van der Waals surface area contributed by atoms with Gasteiger partial charge in [-0.1, -0.05) is 26.3 Å². The Labute approximate surface area is 135 Å². The van der Waals surface area contributed by atoms with Crippen LogP contribution >= 0.6 is 0 Å². The predicted octanol–water partition coefficient (Wildman–Crippen LogP) is 1.66. The molecule has 7 nitrogen and oxygen atoms in total. The molecule has 0 aliphatic heterocycles. The molecule has 1 rings (SSSR count). The fourth-order valence-electron chi connectivity index (χ4n) is 2.38. The van der Waals surface area contributed by atoms with Crippen molar-refractivity contribution in [3.05, 3.63) is 23.8 Å². The van der Waals surface area contributed by atoms with Crippen molar-refractivity contribution in [1.29, 1.82) is 0 Å². The van der Waals surface area contributed by atoms with Gasteiger partial charge in [-0.2, -0.15) is 8.42 Å². The molecule has 0 aliphatic carbocycles. The standard InChI is InChI=1S/C15H22O7S/c1-5-10(3)15(11(4)16,14(18)19)22-23(20,21)13-8-12(17)7-6-9(13)2/h6-8,10-11,16-17H,5H2,1-4H3,(H,18,19). The molecule has 0 amide bonds. The minimum atomic E-state index is -4.52. The third kappa shape index (κ3) is 3.65. The van der Waals surface area contributed by atoms with Gasteiger partial charge in [0.05, 0.1) is 6.10 Å². The average molecular weight is 346 g/mol. The zero-order valence-electron chi connectivity index (χ0n) is 13.5. The summed E-state index contributed by atoms with van der Waals surface area (Å²) in [6.45, 7) is 5.82. The molecule has 0 saturated carbocycles. The summed E-state index contributed by atoms with van der Waals surface area (Å²) in [4.78, 5) is 11.4. The summed E-state index contributed by atoms with van der Waals surface area (Å²) in [7, 11) is -4.52. The maximum Gasteiger partial charge on any atom is 0.340 e. The van der Waals surface area contributed by atoms with Crippen molar-refractivity contribution >= 4 is 16.1 Å². The first-order valence-electron chi connectivity index (χ1n) is 7.15. The molecule has 0 fully saturated rings. The molecule has 0 radical (unpaired) electrons. The number of benzene rings is 1. The highest BCUT2D eigenvalue weighted by atomic mass is 32.2. The van der Waals surface area contributed by atoms with E-state index in [4.69, 9.17) is 4.18 Å². The fraction of sp³-hybridized carbons (Fsp3) is 0.533. The smallest absolute Gasteiger partial charge is 0.340 e. The lowest BCUT2D eigenvalue weighted by Gasteiger charge is -2.36. The van der Waals surface area contributed by atoms with Crippen LogP contribution in [0.15, 0.2) is 23.1 Å². The van der Waals surface area contributed by atoms with Gasteiger partial charge in [0.25, 0.3) is 10.1 Å². The Bertz CT molecular complexity index is 681. The van der Waals surface area contributed by atoms with E-state index in [9.17, 15) is 28.5 Å². The van der Waals surface area contributed by atoms with E-state index in [2.05, 4.69) is 0 Å². The topological polar surface area (TPSA) is 121 Å². The van der Waals surface area contributed by atoms with Crippen molar-refractivity contribution in [2.75, 3.05) is 0 Å². The molecular weight excluding hydrogens is 324 g/mol. The Morgan fingerprint density at radius 3 is 2.35 bits per heavy atom. The van der Waals surface area contributed by atoms with Gasteiger partial charge in [0.15, 0.2) is 0 Å². The molecule has 0 aliphatic rings. The maximum atomic E-state index is 12.5. The van der Waals surface area contributed by atoms with Crippen LogP contribution in [0.2, 0.25) is 0 Å². The molecule has 0 saturated heterocycles. The first kappa shape index (κ1) is 19.4. The number of carbonyl (C=O) groups is 1. The van der Waals surface area contributed by atoms with Gasteiger partial charge in [-0.3, -0.25) is 0 Å². The summed E-state index contributed by atoms with van der Waals surface area (Å²) in [5, 5.41) is 29.0. The lowest BCUT2D eigenvalue weighted by atomic mass is 9.83. The molecule has 130 valence electrons. The summed E-state index contributed by atoms with van der Waals surface area (Å²) in [6.07, 6.45) is -1.28. The molecule has 3 atom stereocenters. The monoisotopic (exact) mass is 346 g/mol. The quantitative estimate of drug-likeness (QED) is 0.642. The van der Waals surface area contributed by atoms with Crippen molar-refractivity contribution < 1.29 is 32.7 Å². The zero-order valence-corrected chi connectivity index (χ0v) is 14.3. The molecule has 1 aromatic carbocycles. The van der Waals surface area contributed by atoms with Gasteiger partial charge in [-0.15, -0.1) is 0 Å². The second-order valence-corrected chi connectivity index (χ2v) is 7.09. The first-order valence-corrected chi connectivity index (χ1v) is 8.56. The van der Waals surface area contributed by atoms with Gasteiger partial charge in [0.1, 0.15) is 10.6 Å². The van der Waals surface area contributed by atoms with E-state index in [1.54, 1.807) is 6.92 Å². The first-order chi connectivity index (χ1) is 10.5. The molecule has 1 aromatic rings. The Morgan fingerprint density at radius 2 is 1.91 bits per heavy atom. The third-order valence-corrected chi connectivity index (χ3v) is 5.46. The van der Waals surface area contributed by atoms with E-state index >= 15 is 0 Å². The summed E-state index contributed by atoms with van der Waals surface area (Å²) in [5.74, 6) is -2.63. The SMILES string of the molecule is CCC(C)C(OS(=O)(=O)c1cc(O)ccc1C)(C(=O)O)C(C)O. The van der Waals surface area contributed by atoms with Crippen LogP contribution in [0.3, 0.4) is 0 Å². The predicted molar refractivity (Wildman–Crippen MR) is 82.6 cm³/mol. The van der Waals surface area contributed by atoms with Crippen LogP contribution in [0.4, 0.5) is 0 Å². The number of rotatable bonds is 7. The number of phenols is 1. The van der Waals surface area contributed by atoms with E-state index in [0.717, 1.165) is 6.07 Å². The maximum absolute atomic E-state index is 12.5. The second-order valence-electron chi connectivity index (χ2n) is 5.57. The number of hydrogen-bond donors (Lipinski definition) is 3. The Balaban J connectivity index is 3.48. The Hall–Kier alpha value is -1.64. The average Bonchev–Trinajstić information content (AvgIpc) is 2.45.